The summed E-state index contributed by atoms with van der Waals surface area (Å²) in [5, 5.41) is 9.94. The maximum atomic E-state index is 12.6. The van der Waals surface area contributed by atoms with Crippen LogP contribution in [-0.4, -0.2) is 29.5 Å². The summed E-state index contributed by atoms with van der Waals surface area (Å²) in [7, 11) is 0. The van der Waals surface area contributed by atoms with Gasteiger partial charge in [-0.1, -0.05) is 6.07 Å². The van der Waals surface area contributed by atoms with Crippen LogP contribution in [0.3, 0.4) is 0 Å². The number of rotatable bonds is 3. The lowest BCUT2D eigenvalue weighted by Gasteiger charge is -2.11. The van der Waals surface area contributed by atoms with Crippen molar-refractivity contribution in [1.29, 1.82) is 0 Å². The molecule has 1 aromatic carbocycles. The Bertz CT molecular complexity index is 1330. The largest absolute Gasteiger partial charge is 0.287 e. The molecule has 0 unspecified atom stereocenters. The highest BCUT2D eigenvalue weighted by atomic mass is 16.1. The molecular formula is C21H14N6O. The molecule has 7 nitrogen and oxygen atoms in total. The number of nitrogens with zero attached hydrogens (tertiary/aromatic N) is 6. The summed E-state index contributed by atoms with van der Waals surface area (Å²) in [6, 6.07) is 16.6. The van der Waals surface area contributed by atoms with E-state index in [1.165, 1.54) is 6.07 Å². The van der Waals surface area contributed by atoms with Gasteiger partial charge in [0.05, 0.1) is 28.8 Å². The van der Waals surface area contributed by atoms with Gasteiger partial charge in [-0.2, -0.15) is 10.2 Å². The second-order valence-electron chi connectivity index (χ2n) is 6.15. The third-order valence-corrected chi connectivity index (χ3v) is 4.47. The number of benzene rings is 1. The lowest BCUT2D eigenvalue weighted by atomic mass is 10.1. The number of hydrogen-bond acceptors (Lipinski definition) is 5. The third kappa shape index (κ3) is 2.66. The molecule has 4 aromatic heterocycles. The number of hydrogen-bond donors (Lipinski definition) is 0. The molecule has 0 N–H and O–H groups in total. The van der Waals surface area contributed by atoms with Crippen LogP contribution in [0.4, 0.5) is 0 Å². The van der Waals surface area contributed by atoms with E-state index in [9.17, 15) is 4.79 Å². The van der Waals surface area contributed by atoms with E-state index in [-0.39, 0.29) is 5.43 Å². The standard InChI is InChI=1S/C21H14N6O/c28-20-9-14-26(15-6-11-22-12-7-15)25-21(20)19-8-13-24-27(19)18-5-1-4-17-16(18)3-2-10-23-17/h1-14H. The van der Waals surface area contributed by atoms with Crippen molar-refractivity contribution in [3.63, 3.8) is 0 Å². The highest BCUT2D eigenvalue weighted by Crippen LogP contribution is 2.24. The van der Waals surface area contributed by atoms with Gasteiger partial charge in [0.2, 0.25) is 5.43 Å². The molecule has 0 bridgehead atoms. The zero-order valence-corrected chi connectivity index (χ0v) is 14.7. The zero-order valence-electron chi connectivity index (χ0n) is 14.7. The lowest BCUT2D eigenvalue weighted by molar-refractivity contribution is 0.823. The average molecular weight is 366 g/mol. The fraction of sp³-hybridized carbons (Fsp3) is 0. The molecule has 0 spiro atoms. The maximum Gasteiger partial charge on any atom is 0.209 e. The van der Waals surface area contributed by atoms with Crippen LogP contribution in [-0.2, 0) is 0 Å². The molecule has 0 radical (unpaired) electrons. The Labute approximate surface area is 159 Å². The maximum absolute atomic E-state index is 12.6. The Morgan fingerprint density at radius 2 is 1.71 bits per heavy atom. The number of aromatic nitrogens is 6. The van der Waals surface area contributed by atoms with E-state index in [0.29, 0.717) is 11.4 Å². The summed E-state index contributed by atoms with van der Waals surface area (Å²) < 4.78 is 3.38. The first-order valence-corrected chi connectivity index (χ1v) is 8.70. The second kappa shape index (κ2) is 6.55. The minimum Gasteiger partial charge on any atom is -0.287 e. The molecule has 0 fully saturated rings. The van der Waals surface area contributed by atoms with Gasteiger partial charge in [0.25, 0.3) is 0 Å². The molecule has 0 amide bonds. The lowest BCUT2D eigenvalue weighted by Crippen LogP contribution is -2.15. The van der Waals surface area contributed by atoms with Crippen molar-refractivity contribution in [3.8, 4) is 22.8 Å². The molecule has 4 heterocycles. The Morgan fingerprint density at radius 1 is 0.821 bits per heavy atom. The summed E-state index contributed by atoms with van der Waals surface area (Å²) in [5.41, 5.74) is 3.27. The Balaban J connectivity index is 1.71. The smallest absolute Gasteiger partial charge is 0.209 e. The van der Waals surface area contributed by atoms with E-state index in [0.717, 1.165) is 22.3 Å². The van der Waals surface area contributed by atoms with E-state index >= 15 is 0 Å². The second-order valence-corrected chi connectivity index (χ2v) is 6.15. The van der Waals surface area contributed by atoms with Gasteiger partial charge < -0.3 is 0 Å². The summed E-state index contributed by atoms with van der Waals surface area (Å²) in [6.07, 6.45) is 8.42. The first kappa shape index (κ1) is 16.1. The van der Waals surface area contributed by atoms with Gasteiger partial charge in [-0.25, -0.2) is 9.36 Å². The van der Waals surface area contributed by atoms with E-state index in [1.807, 2.05) is 42.5 Å². The molecule has 0 aliphatic heterocycles. The SMILES string of the molecule is O=c1ccn(-c2ccncc2)nc1-c1ccnn1-c1cccc2ncccc12. The topological polar surface area (TPSA) is 78.5 Å². The number of fused-ring (bicyclic) bond motifs is 1. The Hall–Kier alpha value is -4.13. The third-order valence-electron chi connectivity index (χ3n) is 4.47. The van der Waals surface area contributed by atoms with Crippen LogP contribution in [0.5, 0.6) is 0 Å². The highest BCUT2D eigenvalue weighted by molar-refractivity contribution is 5.87. The van der Waals surface area contributed by atoms with E-state index in [1.54, 1.807) is 46.4 Å². The van der Waals surface area contributed by atoms with Crippen molar-refractivity contribution in [2.45, 2.75) is 0 Å². The van der Waals surface area contributed by atoms with Crippen molar-refractivity contribution < 1.29 is 0 Å². The summed E-state index contributed by atoms with van der Waals surface area (Å²) in [4.78, 5) is 21.0. The minimum absolute atomic E-state index is 0.176. The monoisotopic (exact) mass is 366 g/mol. The molecule has 0 saturated heterocycles. The normalized spacial score (nSPS) is 11.0. The van der Waals surface area contributed by atoms with Gasteiger partial charge in [0, 0.05) is 36.2 Å². The predicted molar refractivity (Wildman–Crippen MR) is 105 cm³/mol. The minimum atomic E-state index is -0.176. The van der Waals surface area contributed by atoms with Crippen LogP contribution in [0.1, 0.15) is 0 Å². The first-order valence-electron chi connectivity index (χ1n) is 8.70. The van der Waals surface area contributed by atoms with Crippen molar-refractivity contribution in [1.82, 2.24) is 29.5 Å². The van der Waals surface area contributed by atoms with E-state index < -0.39 is 0 Å². The highest BCUT2D eigenvalue weighted by Gasteiger charge is 2.15. The molecule has 134 valence electrons. The molecule has 0 aliphatic rings. The van der Waals surface area contributed by atoms with Crippen LogP contribution in [0.2, 0.25) is 0 Å². The molecule has 7 heteroatoms. The quantitative estimate of drug-likeness (QED) is 0.490. The van der Waals surface area contributed by atoms with Gasteiger partial charge in [0.15, 0.2) is 5.69 Å². The van der Waals surface area contributed by atoms with E-state index in [2.05, 4.69) is 20.2 Å². The summed E-state index contributed by atoms with van der Waals surface area (Å²) in [6.45, 7) is 0. The van der Waals surface area contributed by atoms with E-state index in [4.69, 9.17) is 0 Å². The van der Waals surface area contributed by atoms with Crippen LogP contribution >= 0.6 is 0 Å². The van der Waals surface area contributed by atoms with Crippen molar-refractivity contribution in [3.05, 3.63) is 95.8 Å². The van der Waals surface area contributed by atoms with Crippen molar-refractivity contribution in [2.75, 3.05) is 0 Å². The van der Waals surface area contributed by atoms with Gasteiger partial charge in [-0.05, 0) is 42.5 Å². The molecule has 28 heavy (non-hydrogen) atoms. The molecule has 5 aromatic rings. The molecular weight excluding hydrogens is 352 g/mol. The Kier molecular flexibility index (Phi) is 3.76. The molecule has 0 aliphatic carbocycles. The van der Waals surface area contributed by atoms with Gasteiger partial charge >= 0.3 is 0 Å². The average Bonchev–Trinajstić information content (AvgIpc) is 3.24. The van der Waals surface area contributed by atoms with Gasteiger partial charge in [-0.15, -0.1) is 0 Å². The van der Waals surface area contributed by atoms with Crippen LogP contribution in [0.15, 0.2) is 90.4 Å². The van der Waals surface area contributed by atoms with Gasteiger partial charge in [0.1, 0.15) is 0 Å². The zero-order chi connectivity index (χ0) is 18.9. The van der Waals surface area contributed by atoms with Crippen LogP contribution < -0.4 is 5.43 Å². The number of pyridine rings is 2. The summed E-state index contributed by atoms with van der Waals surface area (Å²) in [5.74, 6) is 0. The molecule has 5 rings (SSSR count). The van der Waals surface area contributed by atoms with Gasteiger partial charge in [-0.3, -0.25) is 14.8 Å². The molecule has 0 atom stereocenters. The summed E-state index contributed by atoms with van der Waals surface area (Å²) >= 11 is 0. The van der Waals surface area contributed by atoms with Crippen molar-refractivity contribution >= 4 is 10.9 Å². The predicted octanol–water partition coefficient (Wildman–Crippen LogP) is 3.03. The van der Waals surface area contributed by atoms with Crippen molar-refractivity contribution in [2.24, 2.45) is 0 Å². The first-order chi connectivity index (χ1) is 13.8. The van der Waals surface area contributed by atoms with Crippen LogP contribution in [0.25, 0.3) is 33.7 Å². The Morgan fingerprint density at radius 3 is 2.61 bits per heavy atom. The fourth-order valence-electron chi connectivity index (χ4n) is 3.17. The molecule has 0 saturated carbocycles. The van der Waals surface area contributed by atoms with Crippen LogP contribution in [0, 0.1) is 0 Å². The fourth-order valence-corrected chi connectivity index (χ4v) is 3.17.